The summed E-state index contributed by atoms with van der Waals surface area (Å²) in [6, 6.07) is 5.53. The topological polar surface area (TPSA) is 35.5 Å². The van der Waals surface area contributed by atoms with E-state index in [2.05, 4.69) is 0 Å². The summed E-state index contributed by atoms with van der Waals surface area (Å²) in [6.07, 6.45) is 0. The molecule has 0 aliphatic carbocycles. The number of methoxy groups -OCH3 is 1. The maximum Gasteiger partial charge on any atom is 0.192 e. The summed E-state index contributed by atoms with van der Waals surface area (Å²) >= 11 is 0. The van der Waals surface area contributed by atoms with Crippen LogP contribution in [0.3, 0.4) is 0 Å². The number of Topliss-reactive ketones (excluding diaryl/α,β-unsaturated/α-hetero) is 1. The summed E-state index contributed by atoms with van der Waals surface area (Å²) in [4.78, 5) is 11.7. The number of rotatable bonds is 5. The molecule has 0 radical (unpaired) electrons. The van der Waals surface area contributed by atoms with Crippen LogP contribution in [0.1, 0.15) is 22.8 Å². The van der Waals surface area contributed by atoms with Crippen molar-refractivity contribution in [2.75, 3.05) is 20.3 Å². The zero-order valence-electron chi connectivity index (χ0n) is 9.37. The quantitative estimate of drug-likeness (QED) is 0.696. The highest BCUT2D eigenvalue weighted by atomic mass is 16.5. The van der Waals surface area contributed by atoms with E-state index in [4.69, 9.17) is 9.47 Å². The molecule has 1 aromatic carbocycles. The molecule has 0 saturated heterocycles. The summed E-state index contributed by atoms with van der Waals surface area (Å²) in [5.41, 5.74) is 1.63. The second kappa shape index (κ2) is 5.51. The number of carbonyl (C=O) groups is 1. The fourth-order valence-electron chi connectivity index (χ4n) is 1.31. The van der Waals surface area contributed by atoms with Gasteiger partial charge in [-0.15, -0.1) is 0 Å². The van der Waals surface area contributed by atoms with Crippen LogP contribution in [0.4, 0.5) is 0 Å². The molecule has 0 saturated carbocycles. The second-order valence-electron chi connectivity index (χ2n) is 3.26. The Kier molecular flexibility index (Phi) is 4.31. The largest absolute Gasteiger partial charge is 0.496 e. The number of hydrogen-bond donors (Lipinski definition) is 0. The zero-order chi connectivity index (χ0) is 11.3. The molecule has 0 aromatic heterocycles. The molecule has 0 bridgehead atoms. The third kappa shape index (κ3) is 3.06. The van der Waals surface area contributed by atoms with E-state index in [-0.39, 0.29) is 12.4 Å². The first-order chi connectivity index (χ1) is 7.19. The van der Waals surface area contributed by atoms with E-state index in [1.54, 1.807) is 13.2 Å². The standard InChI is InChI=1S/C12H16O3/c1-4-15-8-11(13)10-7-9(2)5-6-12(10)14-3/h5-7H,4,8H2,1-3H3. The molecule has 0 atom stereocenters. The molecule has 0 fully saturated rings. The van der Waals surface area contributed by atoms with Crippen LogP contribution in [0.15, 0.2) is 18.2 Å². The Morgan fingerprint density at radius 2 is 2.13 bits per heavy atom. The Morgan fingerprint density at radius 1 is 1.40 bits per heavy atom. The summed E-state index contributed by atoms with van der Waals surface area (Å²) in [5, 5.41) is 0. The van der Waals surface area contributed by atoms with E-state index in [0.717, 1.165) is 5.56 Å². The van der Waals surface area contributed by atoms with Crippen LogP contribution in [0.5, 0.6) is 5.75 Å². The van der Waals surface area contributed by atoms with Crippen molar-refractivity contribution >= 4 is 5.78 Å². The predicted octanol–water partition coefficient (Wildman–Crippen LogP) is 2.22. The van der Waals surface area contributed by atoms with Crippen molar-refractivity contribution < 1.29 is 14.3 Å². The molecule has 1 rings (SSSR count). The van der Waals surface area contributed by atoms with Gasteiger partial charge in [-0.1, -0.05) is 11.6 Å². The first kappa shape index (κ1) is 11.7. The predicted molar refractivity (Wildman–Crippen MR) is 58.6 cm³/mol. The van der Waals surface area contributed by atoms with Gasteiger partial charge in [-0.3, -0.25) is 4.79 Å². The summed E-state index contributed by atoms with van der Waals surface area (Å²) in [5.74, 6) is 0.558. The van der Waals surface area contributed by atoms with Gasteiger partial charge in [-0.25, -0.2) is 0 Å². The van der Waals surface area contributed by atoms with Gasteiger partial charge in [0.2, 0.25) is 0 Å². The number of benzene rings is 1. The van der Waals surface area contributed by atoms with Crippen molar-refractivity contribution in [3.05, 3.63) is 29.3 Å². The molecule has 0 amide bonds. The molecular weight excluding hydrogens is 192 g/mol. The van der Waals surface area contributed by atoms with Crippen LogP contribution in [0.25, 0.3) is 0 Å². The highest BCUT2D eigenvalue weighted by Gasteiger charge is 2.11. The molecule has 3 nitrogen and oxygen atoms in total. The lowest BCUT2D eigenvalue weighted by Gasteiger charge is -2.08. The van der Waals surface area contributed by atoms with E-state index < -0.39 is 0 Å². The lowest BCUT2D eigenvalue weighted by atomic mass is 10.1. The normalized spacial score (nSPS) is 10.1. The van der Waals surface area contributed by atoms with Crippen LogP contribution >= 0.6 is 0 Å². The molecule has 0 unspecified atom stereocenters. The van der Waals surface area contributed by atoms with Crippen molar-refractivity contribution in [2.45, 2.75) is 13.8 Å². The monoisotopic (exact) mass is 208 g/mol. The highest BCUT2D eigenvalue weighted by Crippen LogP contribution is 2.20. The molecule has 0 N–H and O–H groups in total. The van der Waals surface area contributed by atoms with E-state index in [0.29, 0.717) is 17.9 Å². The number of ketones is 1. The minimum atomic E-state index is -0.0441. The summed E-state index contributed by atoms with van der Waals surface area (Å²) in [7, 11) is 1.56. The minimum absolute atomic E-state index is 0.0441. The maximum atomic E-state index is 11.7. The van der Waals surface area contributed by atoms with E-state index in [1.165, 1.54) is 0 Å². The summed E-state index contributed by atoms with van der Waals surface area (Å²) < 4.78 is 10.2. The van der Waals surface area contributed by atoms with Crippen LogP contribution < -0.4 is 4.74 Å². The number of ether oxygens (including phenoxy) is 2. The minimum Gasteiger partial charge on any atom is -0.496 e. The van der Waals surface area contributed by atoms with Crippen molar-refractivity contribution in [1.82, 2.24) is 0 Å². The highest BCUT2D eigenvalue weighted by molar-refractivity contribution is 5.99. The van der Waals surface area contributed by atoms with E-state index in [9.17, 15) is 4.79 Å². The van der Waals surface area contributed by atoms with Gasteiger partial charge in [0.05, 0.1) is 12.7 Å². The van der Waals surface area contributed by atoms with E-state index >= 15 is 0 Å². The van der Waals surface area contributed by atoms with Crippen LogP contribution in [0, 0.1) is 6.92 Å². The Morgan fingerprint density at radius 3 is 2.73 bits per heavy atom. The fraction of sp³-hybridized carbons (Fsp3) is 0.417. The molecule has 0 spiro atoms. The molecule has 15 heavy (non-hydrogen) atoms. The second-order valence-corrected chi connectivity index (χ2v) is 3.26. The molecule has 0 heterocycles. The number of aryl methyl sites for hydroxylation is 1. The van der Waals surface area contributed by atoms with Gasteiger partial charge in [-0.2, -0.15) is 0 Å². The first-order valence-electron chi connectivity index (χ1n) is 4.94. The van der Waals surface area contributed by atoms with Crippen LogP contribution in [-0.4, -0.2) is 26.1 Å². The SMILES string of the molecule is CCOCC(=O)c1cc(C)ccc1OC. The van der Waals surface area contributed by atoms with Crippen molar-refractivity contribution in [3.8, 4) is 5.75 Å². The van der Waals surface area contributed by atoms with Gasteiger partial charge < -0.3 is 9.47 Å². The number of carbonyl (C=O) groups excluding carboxylic acids is 1. The molecule has 3 heteroatoms. The Bertz CT molecular complexity index is 345. The van der Waals surface area contributed by atoms with E-state index in [1.807, 2.05) is 26.0 Å². The molecule has 1 aromatic rings. The van der Waals surface area contributed by atoms with Gasteiger partial charge in [0, 0.05) is 6.61 Å². The molecule has 82 valence electrons. The lowest BCUT2D eigenvalue weighted by molar-refractivity contribution is 0.0780. The third-order valence-corrected chi connectivity index (χ3v) is 2.09. The zero-order valence-corrected chi connectivity index (χ0v) is 9.37. The fourth-order valence-corrected chi connectivity index (χ4v) is 1.31. The van der Waals surface area contributed by atoms with Gasteiger partial charge in [-0.05, 0) is 26.0 Å². The average Bonchev–Trinajstić information content (AvgIpc) is 2.25. The van der Waals surface area contributed by atoms with Gasteiger partial charge >= 0.3 is 0 Å². The van der Waals surface area contributed by atoms with Gasteiger partial charge in [0.1, 0.15) is 12.4 Å². The first-order valence-corrected chi connectivity index (χ1v) is 4.94. The van der Waals surface area contributed by atoms with Gasteiger partial charge in [0.15, 0.2) is 5.78 Å². The van der Waals surface area contributed by atoms with Gasteiger partial charge in [0.25, 0.3) is 0 Å². The van der Waals surface area contributed by atoms with Crippen LogP contribution in [-0.2, 0) is 4.74 Å². The molecular formula is C12H16O3. The smallest absolute Gasteiger partial charge is 0.192 e. The Labute approximate surface area is 90.0 Å². The molecule has 0 aliphatic rings. The van der Waals surface area contributed by atoms with Crippen LogP contribution in [0.2, 0.25) is 0 Å². The number of hydrogen-bond acceptors (Lipinski definition) is 3. The maximum absolute atomic E-state index is 11.7. The average molecular weight is 208 g/mol. The Hall–Kier alpha value is -1.35. The van der Waals surface area contributed by atoms with Crippen molar-refractivity contribution in [3.63, 3.8) is 0 Å². The lowest BCUT2D eigenvalue weighted by Crippen LogP contribution is -2.10. The molecule has 0 aliphatic heterocycles. The summed E-state index contributed by atoms with van der Waals surface area (Å²) in [6.45, 7) is 4.45. The van der Waals surface area contributed by atoms with Crippen molar-refractivity contribution in [1.29, 1.82) is 0 Å². The van der Waals surface area contributed by atoms with Crippen molar-refractivity contribution in [2.24, 2.45) is 0 Å². The Balaban J connectivity index is 2.90. The third-order valence-electron chi connectivity index (χ3n) is 2.09.